The Hall–Kier alpha value is -2.97. The molecule has 29 heavy (non-hydrogen) atoms. The quantitative estimate of drug-likeness (QED) is 0.450. The van der Waals surface area contributed by atoms with E-state index in [1.54, 1.807) is 42.7 Å². The fourth-order valence-electron chi connectivity index (χ4n) is 2.81. The smallest absolute Gasteiger partial charge is 0.234 e. The molecule has 0 aliphatic heterocycles. The van der Waals surface area contributed by atoms with Crippen LogP contribution in [0.3, 0.4) is 0 Å². The van der Waals surface area contributed by atoms with Gasteiger partial charge in [-0.1, -0.05) is 42.1 Å². The zero-order chi connectivity index (χ0) is 20.2. The molecule has 1 amide bonds. The summed E-state index contributed by atoms with van der Waals surface area (Å²) in [6, 6.07) is 17.1. The number of thioether (sulfide) groups is 1. The Bertz CT molecular complexity index is 1140. The van der Waals surface area contributed by atoms with E-state index in [4.69, 9.17) is 4.74 Å². The monoisotopic (exact) mass is 422 g/mol. The van der Waals surface area contributed by atoms with E-state index in [1.165, 1.54) is 11.8 Å². The summed E-state index contributed by atoms with van der Waals surface area (Å²) in [6.45, 7) is 1.96. The molecule has 1 N–H and O–H groups in total. The molecular formula is C21H18N4O2S2. The van der Waals surface area contributed by atoms with E-state index >= 15 is 0 Å². The molecule has 2 aromatic heterocycles. The number of carbonyl (C=O) groups excluding carboxylic acids is 1. The van der Waals surface area contributed by atoms with Crippen LogP contribution in [0.1, 0.15) is 5.01 Å². The number of rotatable bonds is 6. The molecule has 2 aromatic carbocycles. The second kappa shape index (κ2) is 8.59. The molecule has 2 heterocycles. The molecule has 0 bridgehead atoms. The van der Waals surface area contributed by atoms with Crippen LogP contribution < -0.4 is 10.1 Å². The number of nitrogens with one attached hydrogen (secondary N) is 1. The third-order valence-corrected chi connectivity index (χ3v) is 6.09. The second-order valence-corrected chi connectivity index (χ2v) is 8.36. The van der Waals surface area contributed by atoms with Crippen molar-refractivity contribution in [1.82, 2.24) is 15.2 Å². The number of fused-ring (bicyclic) bond motifs is 1. The fraction of sp³-hybridized carbons (Fsp3) is 0.143. The van der Waals surface area contributed by atoms with E-state index in [-0.39, 0.29) is 11.7 Å². The van der Waals surface area contributed by atoms with Crippen molar-refractivity contribution < 1.29 is 9.53 Å². The number of amides is 1. The highest BCUT2D eigenvalue weighted by Crippen LogP contribution is 2.35. The van der Waals surface area contributed by atoms with Crippen molar-refractivity contribution in [3.8, 4) is 17.0 Å². The highest BCUT2D eigenvalue weighted by molar-refractivity contribution is 8.00. The van der Waals surface area contributed by atoms with Crippen LogP contribution in [-0.4, -0.2) is 34.0 Å². The lowest BCUT2D eigenvalue weighted by Gasteiger charge is -2.07. The molecule has 4 aromatic rings. The Morgan fingerprint density at radius 2 is 1.86 bits per heavy atom. The molecule has 0 spiro atoms. The van der Waals surface area contributed by atoms with E-state index in [1.807, 2.05) is 37.3 Å². The molecule has 0 unspecified atom stereocenters. The van der Waals surface area contributed by atoms with Crippen molar-refractivity contribution in [3.05, 3.63) is 59.6 Å². The fourth-order valence-corrected chi connectivity index (χ4v) is 4.52. The van der Waals surface area contributed by atoms with Gasteiger partial charge in [-0.2, -0.15) is 0 Å². The van der Waals surface area contributed by atoms with Crippen LogP contribution in [0.5, 0.6) is 5.75 Å². The Morgan fingerprint density at radius 3 is 2.59 bits per heavy atom. The molecule has 0 saturated carbocycles. The molecule has 6 nitrogen and oxygen atoms in total. The predicted octanol–water partition coefficient (Wildman–Crippen LogP) is 4.80. The average Bonchev–Trinajstić information content (AvgIpc) is 3.14. The van der Waals surface area contributed by atoms with Gasteiger partial charge in [0.25, 0.3) is 0 Å². The van der Waals surface area contributed by atoms with Gasteiger partial charge in [-0.15, -0.1) is 21.5 Å². The van der Waals surface area contributed by atoms with Crippen LogP contribution in [0.15, 0.2) is 59.6 Å². The number of benzene rings is 2. The van der Waals surface area contributed by atoms with Crippen LogP contribution in [0.25, 0.3) is 21.5 Å². The van der Waals surface area contributed by atoms with Crippen molar-refractivity contribution in [2.45, 2.75) is 11.9 Å². The standard InChI is InChI=1S/C21H18N4O2S2/c1-13-22-19-20(29-13)18(14-6-4-3-5-7-14)24-25-21(19)28-12-17(26)23-15-8-10-16(27-2)11-9-15/h3-11H,12H2,1-2H3,(H,23,26). The molecular weight excluding hydrogens is 404 g/mol. The van der Waals surface area contributed by atoms with E-state index in [2.05, 4.69) is 20.5 Å². The van der Waals surface area contributed by atoms with E-state index in [0.717, 1.165) is 37.9 Å². The maximum atomic E-state index is 12.3. The van der Waals surface area contributed by atoms with Gasteiger partial charge in [-0.05, 0) is 31.2 Å². The summed E-state index contributed by atoms with van der Waals surface area (Å²) < 4.78 is 6.11. The molecule has 0 fully saturated rings. The van der Waals surface area contributed by atoms with Crippen molar-refractivity contribution in [2.75, 3.05) is 18.2 Å². The van der Waals surface area contributed by atoms with Crippen LogP contribution in [0.4, 0.5) is 5.69 Å². The summed E-state index contributed by atoms with van der Waals surface area (Å²) >= 11 is 2.92. The minimum absolute atomic E-state index is 0.116. The van der Waals surface area contributed by atoms with Gasteiger partial charge in [-0.3, -0.25) is 4.79 Å². The first kappa shape index (κ1) is 19.4. The van der Waals surface area contributed by atoms with Crippen molar-refractivity contribution in [2.24, 2.45) is 0 Å². The number of nitrogens with zero attached hydrogens (tertiary/aromatic N) is 3. The molecule has 146 valence electrons. The third-order valence-electron chi connectivity index (χ3n) is 4.15. The molecule has 8 heteroatoms. The molecule has 0 aliphatic carbocycles. The SMILES string of the molecule is COc1ccc(NC(=O)CSc2nnc(-c3ccccc3)c3sc(C)nc23)cc1. The van der Waals surface area contributed by atoms with E-state index < -0.39 is 0 Å². The maximum Gasteiger partial charge on any atom is 0.234 e. The average molecular weight is 423 g/mol. The van der Waals surface area contributed by atoms with Gasteiger partial charge in [-0.25, -0.2) is 4.98 Å². The number of anilines is 1. The second-order valence-electron chi connectivity index (χ2n) is 6.20. The lowest BCUT2D eigenvalue weighted by Crippen LogP contribution is -2.14. The topological polar surface area (TPSA) is 77.0 Å². The maximum absolute atomic E-state index is 12.3. The van der Waals surface area contributed by atoms with Crippen LogP contribution >= 0.6 is 23.1 Å². The summed E-state index contributed by atoms with van der Waals surface area (Å²) in [4.78, 5) is 17.0. The number of aryl methyl sites for hydroxylation is 1. The highest BCUT2D eigenvalue weighted by Gasteiger charge is 2.16. The molecule has 0 radical (unpaired) electrons. The van der Waals surface area contributed by atoms with Gasteiger partial charge >= 0.3 is 0 Å². The molecule has 4 rings (SSSR count). The number of ether oxygens (including phenoxy) is 1. The minimum atomic E-state index is -0.116. The number of methoxy groups -OCH3 is 1. The van der Waals surface area contributed by atoms with Gasteiger partial charge in [0.05, 0.1) is 22.6 Å². The first-order chi connectivity index (χ1) is 14.1. The number of carbonyl (C=O) groups is 1. The lowest BCUT2D eigenvalue weighted by molar-refractivity contribution is -0.113. The minimum Gasteiger partial charge on any atom is -0.497 e. The number of hydrogen-bond donors (Lipinski definition) is 1. The summed E-state index contributed by atoms with van der Waals surface area (Å²) in [5, 5.41) is 13.3. The summed E-state index contributed by atoms with van der Waals surface area (Å²) in [5.74, 6) is 0.846. The van der Waals surface area contributed by atoms with Crippen LogP contribution in [0, 0.1) is 6.92 Å². The number of thiazole rings is 1. The lowest BCUT2D eigenvalue weighted by atomic mass is 10.1. The highest BCUT2D eigenvalue weighted by atomic mass is 32.2. The van der Waals surface area contributed by atoms with Gasteiger partial charge in [0.1, 0.15) is 22.0 Å². The molecule has 0 atom stereocenters. The Labute approximate surface area is 176 Å². The summed E-state index contributed by atoms with van der Waals surface area (Å²) in [5.41, 5.74) is 3.33. The van der Waals surface area contributed by atoms with Gasteiger partial charge < -0.3 is 10.1 Å². The van der Waals surface area contributed by atoms with Crippen LogP contribution in [-0.2, 0) is 4.79 Å². The van der Waals surface area contributed by atoms with E-state index in [9.17, 15) is 4.79 Å². The van der Waals surface area contributed by atoms with Gasteiger partial charge in [0, 0.05) is 11.3 Å². The molecule has 0 saturated heterocycles. The third kappa shape index (κ3) is 4.38. The summed E-state index contributed by atoms with van der Waals surface area (Å²) in [6.07, 6.45) is 0. The van der Waals surface area contributed by atoms with E-state index in [0.29, 0.717) is 5.03 Å². The van der Waals surface area contributed by atoms with Crippen molar-refractivity contribution in [1.29, 1.82) is 0 Å². The predicted molar refractivity (Wildman–Crippen MR) is 118 cm³/mol. The zero-order valence-electron chi connectivity index (χ0n) is 15.9. The van der Waals surface area contributed by atoms with Crippen LogP contribution in [0.2, 0.25) is 0 Å². The van der Waals surface area contributed by atoms with Gasteiger partial charge in [0.15, 0.2) is 0 Å². The first-order valence-corrected chi connectivity index (χ1v) is 10.7. The molecule has 0 aliphatic rings. The first-order valence-electron chi connectivity index (χ1n) is 8.90. The Balaban J connectivity index is 1.51. The summed E-state index contributed by atoms with van der Waals surface area (Å²) in [7, 11) is 1.61. The Kier molecular flexibility index (Phi) is 5.73. The zero-order valence-corrected chi connectivity index (χ0v) is 17.5. The normalized spacial score (nSPS) is 10.8. The van der Waals surface area contributed by atoms with Gasteiger partial charge in [0.2, 0.25) is 5.91 Å². The Morgan fingerprint density at radius 1 is 1.10 bits per heavy atom. The number of hydrogen-bond acceptors (Lipinski definition) is 7. The number of aromatic nitrogens is 3. The van der Waals surface area contributed by atoms with Crippen molar-refractivity contribution >= 4 is 44.9 Å². The largest absolute Gasteiger partial charge is 0.497 e. The van der Waals surface area contributed by atoms with Crippen molar-refractivity contribution in [3.63, 3.8) is 0 Å².